The first-order valence-electron chi connectivity index (χ1n) is 5.33. The van der Waals surface area contributed by atoms with Gasteiger partial charge in [-0.15, -0.1) is 0 Å². The molecule has 0 aliphatic rings. The van der Waals surface area contributed by atoms with Crippen LogP contribution in [0.5, 0.6) is 0 Å². The number of rotatable bonds is 4. The molecule has 1 unspecified atom stereocenters. The van der Waals surface area contributed by atoms with E-state index in [0.717, 1.165) is 10.3 Å². The van der Waals surface area contributed by atoms with E-state index in [9.17, 15) is 0 Å². The minimum absolute atomic E-state index is 0.390. The summed E-state index contributed by atoms with van der Waals surface area (Å²) < 4.78 is 1.44. The van der Waals surface area contributed by atoms with Gasteiger partial charge in [-0.1, -0.05) is 0 Å². The van der Waals surface area contributed by atoms with E-state index in [1.54, 1.807) is 0 Å². The van der Waals surface area contributed by atoms with Gasteiger partial charge < -0.3 is 0 Å². The van der Waals surface area contributed by atoms with Crippen LogP contribution in [-0.4, -0.2) is 15.0 Å². The first-order valence-corrected chi connectivity index (χ1v) is 8.69. The number of hydrogen-bond donors (Lipinski definition) is 0. The van der Waals surface area contributed by atoms with E-state index in [1.165, 1.54) is 10.0 Å². The number of benzene rings is 2. The van der Waals surface area contributed by atoms with Gasteiger partial charge in [-0.25, -0.2) is 0 Å². The molecule has 17 heavy (non-hydrogen) atoms. The molecule has 88 valence electrons. The van der Waals surface area contributed by atoms with Crippen molar-refractivity contribution in [3.63, 3.8) is 0 Å². The molecule has 0 saturated carbocycles. The zero-order valence-electron chi connectivity index (χ0n) is 9.14. The molecule has 0 heterocycles. The molecule has 0 radical (unpaired) electrons. The summed E-state index contributed by atoms with van der Waals surface area (Å²) >= 11 is 10.2. The van der Waals surface area contributed by atoms with Crippen LogP contribution in [0.3, 0.4) is 0 Å². The molecule has 0 aliphatic heterocycles. The fraction of sp³-hybridized carbons (Fsp3) is 0.143. The third-order valence-electron chi connectivity index (χ3n) is 2.35. The predicted octanol–water partition coefficient (Wildman–Crippen LogP) is 4.22. The molecule has 2 aromatic rings. The molecule has 0 aliphatic carbocycles. The van der Waals surface area contributed by atoms with Gasteiger partial charge in [0.1, 0.15) is 0 Å². The topological polar surface area (TPSA) is 0 Å². The quantitative estimate of drug-likeness (QED) is 0.555. The van der Waals surface area contributed by atoms with E-state index in [2.05, 4.69) is 52.3 Å². The van der Waals surface area contributed by atoms with Gasteiger partial charge in [0, 0.05) is 0 Å². The van der Waals surface area contributed by atoms with Crippen LogP contribution >= 0.6 is 27.5 Å². The first kappa shape index (κ1) is 13.2. The summed E-state index contributed by atoms with van der Waals surface area (Å²) in [6, 6.07) is 18.7. The van der Waals surface area contributed by atoms with Crippen molar-refractivity contribution in [3.05, 3.63) is 65.2 Å². The average molecular weight is 375 g/mol. The van der Waals surface area contributed by atoms with Gasteiger partial charge in [0.15, 0.2) is 0 Å². The number of alkyl halides is 1. The maximum atomic E-state index is 5.99. The summed E-state index contributed by atoms with van der Waals surface area (Å²) in [6.07, 6.45) is 0. The van der Waals surface area contributed by atoms with Crippen LogP contribution in [0.4, 0.5) is 0 Å². The van der Waals surface area contributed by atoms with Crippen LogP contribution in [-0.2, 0) is 0 Å². The zero-order valence-corrected chi connectivity index (χ0v) is 13.2. The molecule has 1 atom stereocenters. The molecule has 0 spiro atoms. The summed E-state index contributed by atoms with van der Waals surface area (Å²) in [5.74, 6) is 0. The van der Waals surface area contributed by atoms with Crippen LogP contribution in [0.25, 0.3) is 0 Å². The molecule has 0 N–H and O–H groups in total. The monoisotopic (exact) mass is 374 g/mol. The van der Waals surface area contributed by atoms with Crippen LogP contribution < -0.4 is 4.46 Å². The van der Waals surface area contributed by atoms with E-state index in [4.69, 9.17) is 11.6 Å². The minimum atomic E-state index is 0.390. The van der Waals surface area contributed by atoms with Gasteiger partial charge in [-0.05, 0) is 0 Å². The fourth-order valence-electron chi connectivity index (χ4n) is 1.48. The molecule has 0 amide bonds. The molecule has 0 bridgehead atoms. The van der Waals surface area contributed by atoms with E-state index in [1.807, 2.05) is 18.2 Å². The normalized spacial score (nSPS) is 12.4. The maximum absolute atomic E-state index is 5.99. The van der Waals surface area contributed by atoms with Crippen molar-refractivity contribution in [2.24, 2.45) is 0 Å². The molecule has 2 rings (SSSR count). The van der Waals surface area contributed by atoms with Crippen molar-refractivity contribution in [2.75, 3.05) is 0 Å². The van der Waals surface area contributed by atoms with Crippen molar-refractivity contribution in [1.29, 1.82) is 0 Å². The summed E-state index contributed by atoms with van der Waals surface area (Å²) in [5.41, 5.74) is 1.26. The van der Waals surface area contributed by atoms with Crippen molar-refractivity contribution < 1.29 is 0 Å². The second-order valence-electron chi connectivity index (χ2n) is 3.65. The standard InChI is InChI=1S/C14H12BrClSe/c15-14(11-5-4-6-12(16)9-11)10-17-13-7-2-1-3-8-13/h1-9,14H,10H2. The second-order valence-corrected chi connectivity index (χ2v) is 7.48. The molecule has 2 aromatic carbocycles. The van der Waals surface area contributed by atoms with Gasteiger partial charge in [0.25, 0.3) is 0 Å². The summed E-state index contributed by atoms with van der Waals surface area (Å²) in [4.78, 5) is 0.390. The Morgan fingerprint density at radius 2 is 1.82 bits per heavy atom. The number of halogens is 2. The van der Waals surface area contributed by atoms with Crippen molar-refractivity contribution in [3.8, 4) is 0 Å². The fourth-order valence-corrected chi connectivity index (χ4v) is 4.50. The van der Waals surface area contributed by atoms with E-state index >= 15 is 0 Å². The summed E-state index contributed by atoms with van der Waals surface area (Å²) in [5, 5.41) is 1.94. The summed E-state index contributed by atoms with van der Waals surface area (Å²) in [6.45, 7) is 0. The van der Waals surface area contributed by atoms with Gasteiger partial charge >= 0.3 is 122 Å². The Kier molecular flexibility index (Phi) is 5.12. The third kappa shape index (κ3) is 4.15. The van der Waals surface area contributed by atoms with Crippen molar-refractivity contribution in [1.82, 2.24) is 0 Å². The molecule has 0 saturated heterocycles. The van der Waals surface area contributed by atoms with Crippen LogP contribution in [0.2, 0.25) is 10.3 Å². The predicted molar refractivity (Wildman–Crippen MR) is 79.8 cm³/mol. The van der Waals surface area contributed by atoms with E-state index < -0.39 is 0 Å². The molecule has 0 aromatic heterocycles. The zero-order chi connectivity index (χ0) is 12.1. The second kappa shape index (κ2) is 6.61. The van der Waals surface area contributed by atoms with E-state index in [0.29, 0.717) is 19.8 Å². The summed E-state index contributed by atoms with van der Waals surface area (Å²) in [7, 11) is 0. The van der Waals surface area contributed by atoms with Crippen LogP contribution in [0.15, 0.2) is 54.6 Å². The molecule has 3 heteroatoms. The number of hydrogen-bond acceptors (Lipinski definition) is 0. The molecule has 0 fully saturated rings. The Labute approximate surface area is 122 Å². The van der Waals surface area contributed by atoms with Gasteiger partial charge in [0.05, 0.1) is 0 Å². The van der Waals surface area contributed by atoms with Gasteiger partial charge in [-0.2, -0.15) is 0 Å². The Hall–Kier alpha value is -0.271. The Morgan fingerprint density at radius 3 is 2.53 bits per heavy atom. The average Bonchev–Trinajstić information content (AvgIpc) is 2.37. The first-order chi connectivity index (χ1) is 8.25. The molecular formula is C14H12BrClSe. The van der Waals surface area contributed by atoms with Crippen molar-refractivity contribution in [2.45, 2.75) is 10.1 Å². The Morgan fingerprint density at radius 1 is 1.06 bits per heavy atom. The van der Waals surface area contributed by atoms with Crippen LogP contribution in [0, 0.1) is 0 Å². The Balaban J connectivity index is 1.96. The van der Waals surface area contributed by atoms with Gasteiger partial charge in [0.2, 0.25) is 0 Å². The molecule has 0 nitrogen and oxygen atoms in total. The Bertz CT molecular complexity index is 473. The molecular weight excluding hydrogens is 362 g/mol. The van der Waals surface area contributed by atoms with E-state index in [-0.39, 0.29) is 0 Å². The van der Waals surface area contributed by atoms with Crippen molar-refractivity contribution >= 4 is 46.9 Å². The van der Waals surface area contributed by atoms with Gasteiger partial charge in [-0.3, -0.25) is 0 Å². The third-order valence-corrected chi connectivity index (χ3v) is 6.72. The van der Waals surface area contributed by atoms with Crippen LogP contribution in [0.1, 0.15) is 10.4 Å². The SMILES string of the molecule is Clc1cccc(C(Br)C[Se]c2ccccc2)c1.